The predicted octanol–water partition coefficient (Wildman–Crippen LogP) is 1.45. The maximum atomic E-state index is 11.8. The topological polar surface area (TPSA) is 70.7 Å². The third-order valence-electron chi connectivity index (χ3n) is 3.86. The van der Waals surface area contributed by atoms with Gasteiger partial charge in [0.1, 0.15) is 0 Å². The Morgan fingerprint density at radius 1 is 1.36 bits per heavy atom. The molecule has 2 aliphatic heterocycles. The normalized spacial score (nSPS) is 18.3. The third kappa shape index (κ3) is 4.07. The molecular weight excluding hydrogens is 411 g/mol. The lowest BCUT2D eigenvalue weighted by atomic mass is 9.98. The van der Waals surface area contributed by atoms with Gasteiger partial charge in [0.25, 0.3) is 5.91 Å². The summed E-state index contributed by atoms with van der Waals surface area (Å²) in [6.45, 7) is 3.18. The molecule has 120 valence electrons. The first kappa shape index (κ1) is 17.4. The molecule has 22 heavy (non-hydrogen) atoms. The molecule has 0 bridgehead atoms. The van der Waals surface area contributed by atoms with Gasteiger partial charge in [0.15, 0.2) is 5.96 Å². The van der Waals surface area contributed by atoms with Crippen molar-refractivity contribution in [1.29, 1.82) is 0 Å². The Morgan fingerprint density at radius 3 is 2.91 bits per heavy atom. The fourth-order valence-corrected chi connectivity index (χ4v) is 3.53. The number of nitrogens with one attached hydrogen (secondary N) is 1. The molecule has 0 atom stereocenters. The number of carbonyl (C=O) groups is 1. The number of rotatable bonds is 2. The maximum absolute atomic E-state index is 11.8. The van der Waals surface area contributed by atoms with Crippen LogP contribution in [0.1, 0.15) is 21.5 Å². The minimum atomic E-state index is 0. The number of thioether (sulfide) groups is 1. The number of guanidine groups is 1. The van der Waals surface area contributed by atoms with Crippen molar-refractivity contribution in [2.45, 2.75) is 13.0 Å². The van der Waals surface area contributed by atoms with E-state index in [2.05, 4.69) is 15.2 Å². The van der Waals surface area contributed by atoms with E-state index in [0.717, 1.165) is 54.3 Å². The number of fused-ring (bicyclic) bond motifs is 1. The van der Waals surface area contributed by atoms with Crippen molar-refractivity contribution in [2.24, 2.45) is 10.7 Å². The molecule has 5 nitrogen and oxygen atoms in total. The zero-order valence-corrected chi connectivity index (χ0v) is 15.5. The van der Waals surface area contributed by atoms with Gasteiger partial charge in [0.2, 0.25) is 0 Å². The molecule has 1 amide bonds. The third-order valence-corrected chi connectivity index (χ3v) is 4.80. The van der Waals surface area contributed by atoms with Crippen LogP contribution in [0.15, 0.2) is 23.2 Å². The van der Waals surface area contributed by atoms with E-state index in [1.54, 1.807) is 0 Å². The Kier molecular flexibility index (Phi) is 6.37. The van der Waals surface area contributed by atoms with E-state index < -0.39 is 0 Å². The van der Waals surface area contributed by atoms with E-state index >= 15 is 0 Å². The van der Waals surface area contributed by atoms with Crippen LogP contribution >= 0.6 is 35.7 Å². The molecule has 1 fully saturated rings. The molecule has 1 aromatic carbocycles. The smallest absolute Gasteiger partial charge is 0.251 e. The second-order valence-corrected chi connectivity index (χ2v) is 6.50. The molecule has 0 spiro atoms. The molecule has 2 heterocycles. The summed E-state index contributed by atoms with van der Waals surface area (Å²) in [6.07, 6.45) is 0.901. The van der Waals surface area contributed by atoms with Crippen molar-refractivity contribution in [3.05, 3.63) is 34.9 Å². The predicted molar refractivity (Wildman–Crippen MR) is 102 cm³/mol. The number of hydrogen-bond acceptors (Lipinski definition) is 3. The van der Waals surface area contributed by atoms with Crippen molar-refractivity contribution >= 4 is 47.6 Å². The minimum absolute atomic E-state index is 0. The number of nitrogens with two attached hydrogens (primary N) is 1. The quantitative estimate of drug-likeness (QED) is 0.422. The Balaban J connectivity index is 0.00000176. The highest BCUT2D eigenvalue weighted by atomic mass is 127. The van der Waals surface area contributed by atoms with Gasteiger partial charge in [-0.1, -0.05) is 12.1 Å². The molecule has 0 saturated carbocycles. The average molecular weight is 432 g/mol. The molecule has 0 aromatic heterocycles. The van der Waals surface area contributed by atoms with Gasteiger partial charge in [-0.15, -0.1) is 24.0 Å². The van der Waals surface area contributed by atoms with Crippen LogP contribution in [-0.4, -0.2) is 47.9 Å². The molecule has 7 heteroatoms. The fraction of sp³-hybridized carbons (Fsp3) is 0.467. The summed E-state index contributed by atoms with van der Waals surface area (Å²) in [4.78, 5) is 18.4. The van der Waals surface area contributed by atoms with Gasteiger partial charge in [0.05, 0.1) is 6.54 Å². The van der Waals surface area contributed by atoms with Crippen LogP contribution in [0.5, 0.6) is 0 Å². The first-order chi connectivity index (χ1) is 10.2. The lowest BCUT2D eigenvalue weighted by molar-refractivity contribution is 0.0946. The molecule has 3 rings (SSSR count). The summed E-state index contributed by atoms with van der Waals surface area (Å²) >= 11 is 1.95. The summed E-state index contributed by atoms with van der Waals surface area (Å²) in [5.41, 5.74) is 8.97. The fourth-order valence-electron chi connectivity index (χ4n) is 2.62. The Hall–Kier alpha value is -0.960. The van der Waals surface area contributed by atoms with E-state index in [1.807, 2.05) is 30.0 Å². The second-order valence-electron chi connectivity index (χ2n) is 5.27. The van der Waals surface area contributed by atoms with E-state index in [1.165, 1.54) is 0 Å². The standard InChI is InChI=1S/C15H20N4OS.HI/c16-15(19-5-7-21-8-6-19)18-10-11-1-2-12-3-4-17-14(20)13(12)9-11;/h1-2,9H,3-8,10H2,(H2,16,18)(H,17,20);1H. The van der Waals surface area contributed by atoms with Crippen LogP contribution in [0.4, 0.5) is 0 Å². The molecule has 0 aliphatic carbocycles. The van der Waals surface area contributed by atoms with Gasteiger partial charge in [0, 0.05) is 36.7 Å². The highest BCUT2D eigenvalue weighted by molar-refractivity contribution is 14.0. The molecule has 0 unspecified atom stereocenters. The van der Waals surface area contributed by atoms with Crippen LogP contribution in [0.3, 0.4) is 0 Å². The summed E-state index contributed by atoms with van der Waals surface area (Å²) < 4.78 is 0. The molecule has 3 N–H and O–H groups in total. The monoisotopic (exact) mass is 432 g/mol. The van der Waals surface area contributed by atoms with Gasteiger partial charge in [-0.05, 0) is 23.6 Å². The zero-order chi connectivity index (χ0) is 14.7. The van der Waals surface area contributed by atoms with Crippen molar-refractivity contribution in [3.8, 4) is 0 Å². The zero-order valence-electron chi connectivity index (χ0n) is 12.4. The summed E-state index contributed by atoms with van der Waals surface area (Å²) in [5, 5.41) is 2.87. The van der Waals surface area contributed by atoms with Crippen LogP contribution in [0.2, 0.25) is 0 Å². The van der Waals surface area contributed by atoms with Crippen molar-refractivity contribution < 1.29 is 4.79 Å². The van der Waals surface area contributed by atoms with Crippen LogP contribution < -0.4 is 11.1 Å². The van der Waals surface area contributed by atoms with Crippen molar-refractivity contribution in [1.82, 2.24) is 10.2 Å². The molecule has 0 radical (unpaired) electrons. The lowest BCUT2D eigenvalue weighted by Crippen LogP contribution is -2.42. The average Bonchev–Trinajstić information content (AvgIpc) is 2.54. The maximum Gasteiger partial charge on any atom is 0.251 e. The van der Waals surface area contributed by atoms with Crippen molar-refractivity contribution in [3.63, 3.8) is 0 Å². The Morgan fingerprint density at radius 2 is 2.14 bits per heavy atom. The van der Waals surface area contributed by atoms with Crippen LogP contribution in [0, 0.1) is 0 Å². The highest BCUT2D eigenvalue weighted by Crippen LogP contribution is 2.17. The molecule has 1 saturated heterocycles. The van der Waals surface area contributed by atoms with E-state index in [4.69, 9.17) is 5.73 Å². The van der Waals surface area contributed by atoms with Crippen molar-refractivity contribution in [2.75, 3.05) is 31.1 Å². The number of benzene rings is 1. The van der Waals surface area contributed by atoms with Crippen LogP contribution in [-0.2, 0) is 13.0 Å². The summed E-state index contributed by atoms with van der Waals surface area (Å²) in [5.74, 6) is 2.84. The molecule has 1 aromatic rings. The minimum Gasteiger partial charge on any atom is -0.370 e. The van der Waals surface area contributed by atoms with Gasteiger partial charge in [-0.3, -0.25) is 4.79 Å². The molecular formula is C15H21IN4OS. The SMILES string of the molecule is I.NC(=NCc1ccc2c(c1)C(=O)NCC2)N1CCSCC1. The highest BCUT2D eigenvalue weighted by Gasteiger charge is 2.16. The van der Waals surface area contributed by atoms with Gasteiger partial charge in [-0.25, -0.2) is 4.99 Å². The summed E-state index contributed by atoms with van der Waals surface area (Å²) in [6, 6.07) is 6.01. The van der Waals surface area contributed by atoms with E-state index in [0.29, 0.717) is 12.5 Å². The first-order valence-corrected chi connectivity index (χ1v) is 8.42. The first-order valence-electron chi connectivity index (χ1n) is 7.26. The van der Waals surface area contributed by atoms with Gasteiger partial charge >= 0.3 is 0 Å². The number of halogens is 1. The number of aliphatic imine (C=N–C) groups is 1. The molecule has 2 aliphatic rings. The Labute approximate surface area is 152 Å². The largest absolute Gasteiger partial charge is 0.370 e. The Bertz CT molecular complexity index is 573. The lowest BCUT2D eigenvalue weighted by Gasteiger charge is -2.27. The van der Waals surface area contributed by atoms with Gasteiger partial charge in [-0.2, -0.15) is 11.8 Å². The number of hydrogen-bond donors (Lipinski definition) is 2. The van der Waals surface area contributed by atoms with Crippen LogP contribution in [0.25, 0.3) is 0 Å². The second kappa shape index (κ2) is 8.05. The number of amides is 1. The van der Waals surface area contributed by atoms with Gasteiger partial charge < -0.3 is 16.0 Å². The van der Waals surface area contributed by atoms with E-state index in [9.17, 15) is 4.79 Å². The number of carbonyl (C=O) groups excluding carboxylic acids is 1. The summed E-state index contributed by atoms with van der Waals surface area (Å²) in [7, 11) is 0. The van der Waals surface area contributed by atoms with E-state index in [-0.39, 0.29) is 29.9 Å². The number of nitrogens with zero attached hydrogens (tertiary/aromatic N) is 2.